The third kappa shape index (κ3) is 4.60. The number of aromatic carboxylic acids is 1. The predicted octanol–water partition coefficient (Wildman–Crippen LogP) is -1.17. The summed E-state index contributed by atoms with van der Waals surface area (Å²) in [6.07, 6.45) is 1.61. The molecule has 1 amide bonds. The zero-order valence-corrected chi connectivity index (χ0v) is 9.46. The molecule has 1 aromatic heterocycles. The molecule has 1 heterocycles. The smallest absolute Gasteiger partial charge is 0.358 e. The van der Waals surface area contributed by atoms with Crippen molar-refractivity contribution in [1.82, 2.24) is 20.3 Å². The van der Waals surface area contributed by atoms with Gasteiger partial charge in [-0.2, -0.15) is 0 Å². The van der Waals surface area contributed by atoms with Crippen molar-refractivity contribution in [2.45, 2.75) is 25.9 Å². The number of nitrogens with one attached hydrogen (secondary N) is 1. The maximum Gasteiger partial charge on any atom is 0.358 e. The van der Waals surface area contributed by atoms with E-state index in [0.717, 1.165) is 0 Å². The van der Waals surface area contributed by atoms with Crippen LogP contribution in [0.2, 0.25) is 0 Å². The van der Waals surface area contributed by atoms with Crippen LogP contribution in [0.15, 0.2) is 6.20 Å². The number of carbonyl (C=O) groups is 2. The zero-order chi connectivity index (χ0) is 12.8. The Labute approximate surface area is 97.8 Å². The van der Waals surface area contributed by atoms with Gasteiger partial charge in [0.2, 0.25) is 5.91 Å². The van der Waals surface area contributed by atoms with Gasteiger partial charge in [0, 0.05) is 19.0 Å². The van der Waals surface area contributed by atoms with Gasteiger partial charge in [-0.15, -0.1) is 5.10 Å². The van der Waals surface area contributed by atoms with Gasteiger partial charge in [-0.3, -0.25) is 9.48 Å². The third-order valence-electron chi connectivity index (χ3n) is 2.10. The molecule has 17 heavy (non-hydrogen) atoms. The van der Waals surface area contributed by atoms with E-state index in [9.17, 15) is 9.59 Å². The van der Waals surface area contributed by atoms with Gasteiger partial charge in [0.1, 0.15) is 0 Å². The zero-order valence-electron chi connectivity index (χ0n) is 9.46. The van der Waals surface area contributed by atoms with E-state index in [0.29, 0.717) is 13.1 Å². The molecule has 0 aliphatic carbocycles. The average Bonchev–Trinajstić information content (AvgIpc) is 2.65. The van der Waals surface area contributed by atoms with Gasteiger partial charge in [0.15, 0.2) is 5.69 Å². The van der Waals surface area contributed by atoms with Gasteiger partial charge in [0.05, 0.1) is 12.7 Å². The number of rotatable bonds is 7. The van der Waals surface area contributed by atoms with E-state index in [-0.39, 0.29) is 24.1 Å². The Morgan fingerprint density at radius 3 is 2.88 bits per heavy atom. The van der Waals surface area contributed by atoms with Crippen LogP contribution in [0, 0.1) is 0 Å². The van der Waals surface area contributed by atoms with Crippen LogP contribution in [-0.4, -0.2) is 44.6 Å². The van der Waals surface area contributed by atoms with Crippen molar-refractivity contribution in [3.63, 3.8) is 0 Å². The minimum atomic E-state index is -1.11. The van der Waals surface area contributed by atoms with Crippen LogP contribution in [0.3, 0.4) is 0 Å². The highest BCUT2D eigenvalue weighted by atomic mass is 16.4. The summed E-state index contributed by atoms with van der Waals surface area (Å²) >= 11 is 0. The van der Waals surface area contributed by atoms with Gasteiger partial charge < -0.3 is 16.2 Å². The first-order valence-electron chi connectivity index (χ1n) is 5.14. The highest BCUT2D eigenvalue weighted by molar-refractivity contribution is 5.84. The second-order valence-electron chi connectivity index (χ2n) is 3.70. The maximum absolute atomic E-state index is 10.6. The average molecular weight is 241 g/mol. The molecule has 0 saturated heterocycles. The molecule has 94 valence electrons. The fourth-order valence-electron chi connectivity index (χ4n) is 1.31. The molecule has 0 aliphatic rings. The summed E-state index contributed by atoms with van der Waals surface area (Å²) in [5.74, 6) is -1.47. The molecule has 0 fully saturated rings. The summed E-state index contributed by atoms with van der Waals surface area (Å²) in [4.78, 5) is 21.1. The summed E-state index contributed by atoms with van der Waals surface area (Å²) in [6, 6.07) is -0.0186. The van der Waals surface area contributed by atoms with Crippen molar-refractivity contribution in [2.24, 2.45) is 5.73 Å². The minimum Gasteiger partial charge on any atom is -0.476 e. The Hall–Kier alpha value is -1.96. The molecule has 0 bridgehead atoms. The van der Waals surface area contributed by atoms with Crippen molar-refractivity contribution in [3.05, 3.63) is 11.9 Å². The third-order valence-corrected chi connectivity index (χ3v) is 2.10. The quantitative estimate of drug-likeness (QED) is 0.552. The van der Waals surface area contributed by atoms with Gasteiger partial charge >= 0.3 is 5.97 Å². The number of hydrogen-bond donors (Lipinski definition) is 3. The number of carbonyl (C=O) groups excluding carboxylic acids is 1. The van der Waals surface area contributed by atoms with Gasteiger partial charge in [-0.1, -0.05) is 5.21 Å². The van der Waals surface area contributed by atoms with Crippen LogP contribution in [0.25, 0.3) is 0 Å². The number of primary amides is 1. The Bertz CT molecular complexity index is 403. The largest absolute Gasteiger partial charge is 0.476 e. The molecule has 0 saturated carbocycles. The van der Waals surface area contributed by atoms with Crippen molar-refractivity contribution in [3.8, 4) is 0 Å². The monoisotopic (exact) mass is 241 g/mol. The second kappa shape index (κ2) is 5.94. The summed E-state index contributed by atoms with van der Waals surface area (Å²) in [5.41, 5.74) is 4.95. The first-order chi connectivity index (χ1) is 7.99. The lowest BCUT2D eigenvalue weighted by Crippen LogP contribution is -2.33. The number of carboxylic acid groups (broad SMARTS) is 1. The Balaban J connectivity index is 2.30. The molecule has 1 atom stereocenters. The number of carboxylic acids is 1. The number of amides is 1. The standard InChI is InChI=1S/C9H15N5O3/c1-6(4-8(10)15)11-2-3-14-5-7(9(16)17)12-13-14/h5-6,11H,2-4H2,1H3,(H2,10,15)(H,16,17). The molecule has 1 unspecified atom stereocenters. The predicted molar refractivity (Wildman–Crippen MR) is 58.3 cm³/mol. The van der Waals surface area contributed by atoms with Gasteiger partial charge in [0.25, 0.3) is 0 Å². The lowest BCUT2D eigenvalue weighted by molar-refractivity contribution is -0.118. The highest BCUT2D eigenvalue weighted by Gasteiger charge is 2.08. The molecular formula is C9H15N5O3. The number of nitrogens with zero attached hydrogens (tertiary/aromatic N) is 3. The van der Waals surface area contributed by atoms with Crippen molar-refractivity contribution in [1.29, 1.82) is 0 Å². The molecule has 0 spiro atoms. The van der Waals surface area contributed by atoms with E-state index in [1.807, 2.05) is 6.92 Å². The van der Waals surface area contributed by atoms with E-state index in [4.69, 9.17) is 10.8 Å². The van der Waals surface area contributed by atoms with E-state index in [2.05, 4.69) is 15.6 Å². The number of nitrogens with two attached hydrogens (primary N) is 1. The molecule has 1 aromatic rings. The highest BCUT2D eigenvalue weighted by Crippen LogP contribution is 1.93. The van der Waals surface area contributed by atoms with Crippen molar-refractivity contribution in [2.75, 3.05) is 6.54 Å². The Morgan fingerprint density at radius 2 is 2.35 bits per heavy atom. The molecule has 8 heteroatoms. The van der Waals surface area contributed by atoms with Crippen LogP contribution >= 0.6 is 0 Å². The first kappa shape index (κ1) is 13.1. The SMILES string of the molecule is CC(CC(N)=O)NCCn1cc(C(=O)O)nn1. The molecule has 0 aromatic carbocycles. The van der Waals surface area contributed by atoms with Gasteiger partial charge in [-0.05, 0) is 6.92 Å². The molecule has 0 aliphatic heterocycles. The number of aromatic nitrogens is 3. The molecule has 8 nitrogen and oxygen atoms in total. The Kier molecular flexibility index (Phi) is 4.58. The summed E-state index contributed by atoms with van der Waals surface area (Å²) in [5, 5.41) is 18.8. The minimum absolute atomic E-state index is 0.0186. The summed E-state index contributed by atoms with van der Waals surface area (Å²) in [6.45, 7) is 2.87. The second-order valence-corrected chi connectivity index (χ2v) is 3.70. The molecule has 1 rings (SSSR count). The number of hydrogen-bond acceptors (Lipinski definition) is 5. The molecule has 4 N–H and O–H groups in total. The van der Waals surface area contributed by atoms with Crippen LogP contribution in [0.1, 0.15) is 23.8 Å². The normalized spacial score (nSPS) is 12.3. The van der Waals surface area contributed by atoms with Crippen LogP contribution in [0.4, 0.5) is 0 Å². The lowest BCUT2D eigenvalue weighted by atomic mass is 10.2. The fraction of sp³-hybridized carbons (Fsp3) is 0.556. The topological polar surface area (TPSA) is 123 Å². The van der Waals surface area contributed by atoms with Crippen molar-refractivity contribution < 1.29 is 14.7 Å². The van der Waals surface area contributed by atoms with E-state index in [1.165, 1.54) is 10.9 Å². The Morgan fingerprint density at radius 1 is 1.65 bits per heavy atom. The van der Waals surface area contributed by atoms with Crippen molar-refractivity contribution >= 4 is 11.9 Å². The summed E-state index contributed by atoms with van der Waals surface area (Å²) in [7, 11) is 0. The maximum atomic E-state index is 10.6. The van der Waals surface area contributed by atoms with E-state index >= 15 is 0 Å². The first-order valence-corrected chi connectivity index (χ1v) is 5.14. The summed E-state index contributed by atoms with van der Waals surface area (Å²) < 4.78 is 1.42. The molecule has 0 radical (unpaired) electrons. The van der Waals surface area contributed by atoms with Crippen LogP contribution in [0.5, 0.6) is 0 Å². The fourth-order valence-corrected chi connectivity index (χ4v) is 1.31. The van der Waals surface area contributed by atoms with Crippen LogP contribution < -0.4 is 11.1 Å². The lowest BCUT2D eigenvalue weighted by Gasteiger charge is -2.11. The molecular weight excluding hydrogens is 226 g/mol. The van der Waals surface area contributed by atoms with E-state index in [1.54, 1.807) is 0 Å². The van der Waals surface area contributed by atoms with Crippen LogP contribution in [-0.2, 0) is 11.3 Å². The van der Waals surface area contributed by atoms with Gasteiger partial charge in [-0.25, -0.2) is 4.79 Å². The van der Waals surface area contributed by atoms with E-state index < -0.39 is 5.97 Å².